The van der Waals surface area contributed by atoms with Crippen LogP contribution < -0.4 is 15.5 Å². The molecular formula is C17H22N6OS. The Morgan fingerprint density at radius 2 is 2.40 bits per heavy atom. The molecule has 1 saturated heterocycles. The van der Waals surface area contributed by atoms with Gasteiger partial charge in [0.25, 0.3) is 5.91 Å². The van der Waals surface area contributed by atoms with Gasteiger partial charge >= 0.3 is 0 Å². The zero-order valence-electron chi connectivity index (χ0n) is 14.2. The van der Waals surface area contributed by atoms with Crippen LogP contribution in [-0.2, 0) is 4.79 Å². The number of carbonyl (C=O) groups excluding carboxylic acids is 1. The maximum absolute atomic E-state index is 12.7. The van der Waals surface area contributed by atoms with E-state index in [2.05, 4.69) is 32.5 Å². The number of rotatable bonds is 4. The molecule has 2 aromatic rings. The minimum Gasteiger partial charge on any atom is -0.348 e. The number of fused-ring (bicyclic) bond motifs is 1. The van der Waals surface area contributed by atoms with Crippen molar-refractivity contribution in [1.82, 2.24) is 25.6 Å². The van der Waals surface area contributed by atoms with E-state index in [-0.39, 0.29) is 11.9 Å². The number of carbonyl (C=O) groups is 1. The molecular weight excluding hydrogens is 336 g/mol. The summed E-state index contributed by atoms with van der Waals surface area (Å²) in [5.74, 6) is 1.68. The SMILES string of the molecule is CC(NC(=O)C1=CN(c2ncnc3[nH]ccc23)CCS1)C1CCCN1. The van der Waals surface area contributed by atoms with Crippen molar-refractivity contribution in [2.75, 3.05) is 23.7 Å². The Hall–Kier alpha value is -2.06. The highest BCUT2D eigenvalue weighted by molar-refractivity contribution is 8.04. The monoisotopic (exact) mass is 358 g/mol. The fraction of sp³-hybridized carbons (Fsp3) is 0.471. The van der Waals surface area contributed by atoms with Crippen LogP contribution in [0.25, 0.3) is 11.0 Å². The van der Waals surface area contributed by atoms with Gasteiger partial charge in [0.15, 0.2) is 0 Å². The molecule has 2 atom stereocenters. The quantitative estimate of drug-likeness (QED) is 0.770. The van der Waals surface area contributed by atoms with Crippen LogP contribution in [0.4, 0.5) is 5.82 Å². The Bertz CT molecular complexity index is 797. The van der Waals surface area contributed by atoms with Gasteiger partial charge in [-0.3, -0.25) is 4.79 Å². The Morgan fingerprint density at radius 1 is 1.48 bits per heavy atom. The second-order valence-corrected chi connectivity index (χ2v) is 7.57. The van der Waals surface area contributed by atoms with Crippen LogP contribution in [0.2, 0.25) is 0 Å². The first-order chi connectivity index (χ1) is 12.2. The van der Waals surface area contributed by atoms with E-state index < -0.39 is 0 Å². The lowest BCUT2D eigenvalue weighted by atomic mass is 10.1. The Morgan fingerprint density at radius 3 is 3.24 bits per heavy atom. The summed E-state index contributed by atoms with van der Waals surface area (Å²) in [6.07, 6.45) is 7.61. The van der Waals surface area contributed by atoms with Crippen molar-refractivity contribution in [2.45, 2.75) is 31.8 Å². The van der Waals surface area contributed by atoms with Gasteiger partial charge in [0, 0.05) is 36.8 Å². The van der Waals surface area contributed by atoms with E-state index in [1.54, 1.807) is 18.1 Å². The van der Waals surface area contributed by atoms with E-state index in [0.717, 1.165) is 47.0 Å². The van der Waals surface area contributed by atoms with E-state index in [4.69, 9.17) is 0 Å². The summed E-state index contributed by atoms with van der Waals surface area (Å²) >= 11 is 1.60. The molecule has 2 aromatic heterocycles. The van der Waals surface area contributed by atoms with Gasteiger partial charge < -0.3 is 20.5 Å². The van der Waals surface area contributed by atoms with Crippen molar-refractivity contribution in [3.8, 4) is 0 Å². The molecule has 4 heterocycles. The lowest BCUT2D eigenvalue weighted by Gasteiger charge is -2.27. The molecule has 1 amide bonds. The second kappa shape index (κ2) is 7.05. The summed E-state index contributed by atoms with van der Waals surface area (Å²) in [5.41, 5.74) is 0.809. The predicted molar refractivity (Wildman–Crippen MR) is 100 cm³/mol. The predicted octanol–water partition coefficient (Wildman–Crippen LogP) is 1.61. The number of nitrogens with one attached hydrogen (secondary N) is 3. The summed E-state index contributed by atoms with van der Waals surface area (Å²) < 4.78 is 0. The number of anilines is 1. The average molecular weight is 358 g/mol. The fourth-order valence-corrected chi connectivity index (χ4v) is 4.29. The number of hydrogen-bond donors (Lipinski definition) is 3. The summed E-state index contributed by atoms with van der Waals surface area (Å²) in [7, 11) is 0. The molecule has 2 unspecified atom stereocenters. The molecule has 0 saturated carbocycles. The number of aromatic nitrogens is 3. The van der Waals surface area contributed by atoms with E-state index in [1.807, 2.05) is 23.4 Å². The number of thioether (sulfide) groups is 1. The molecule has 3 N–H and O–H groups in total. The standard InChI is InChI=1S/C17H22N6OS/c1-11(13-3-2-5-18-13)22-17(24)14-9-23(7-8-25-14)16-12-4-6-19-15(12)20-10-21-16/h4,6,9-11,13,18H,2-3,5,7-8H2,1H3,(H,22,24)(H,19,20,21). The highest BCUT2D eigenvalue weighted by Crippen LogP contribution is 2.29. The van der Waals surface area contributed by atoms with Crippen molar-refractivity contribution in [3.05, 3.63) is 29.7 Å². The molecule has 0 aromatic carbocycles. The van der Waals surface area contributed by atoms with Gasteiger partial charge in [0.2, 0.25) is 0 Å². The third kappa shape index (κ3) is 3.36. The lowest BCUT2D eigenvalue weighted by molar-refractivity contribution is -0.117. The molecule has 0 bridgehead atoms. The number of hydrogen-bond acceptors (Lipinski definition) is 6. The first kappa shape index (κ1) is 16.4. The van der Waals surface area contributed by atoms with Gasteiger partial charge in [-0.15, -0.1) is 11.8 Å². The molecule has 0 spiro atoms. The Balaban J connectivity index is 1.52. The van der Waals surface area contributed by atoms with Gasteiger partial charge in [-0.05, 0) is 32.4 Å². The average Bonchev–Trinajstić information content (AvgIpc) is 3.33. The molecule has 0 aliphatic carbocycles. The molecule has 25 heavy (non-hydrogen) atoms. The van der Waals surface area contributed by atoms with Gasteiger partial charge in [0.05, 0.1) is 10.3 Å². The van der Waals surface area contributed by atoms with E-state index in [9.17, 15) is 4.79 Å². The summed E-state index contributed by atoms with van der Waals surface area (Å²) in [6, 6.07) is 2.46. The number of amides is 1. The van der Waals surface area contributed by atoms with Gasteiger partial charge in [-0.2, -0.15) is 0 Å². The van der Waals surface area contributed by atoms with Gasteiger partial charge in [0.1, 0.15) is 17.8 Å². The van der Waals surface area contributed by atoms with Crippen LogP contribution in [0.5, 0.6) is 0 Å². The van der Waals surface area contributed by atoms with Crippen LogP contribution in [0.3, 0.4) is 0 Å². The normalized spacial score (nSPS) is 22.0. The number of H-pyrrole nitrogens is 1. The van der Waals surface area contributed by atoms with Crippen molar-refractivity contribution >= 4 is 34.5 Å². The third-order valence-electron chi connectivity index (χ3n) is 4.75. The smallest absolute Gasteiger partial charge is 0.259 e. The van der Waals surface area contributed by atoms with E-state index in [1.165, 1.54) is 6.42 Å². The number of nitrogens with zero attached hydrogens (tertiary/aromatic N) is 3. The maximum Gasteiger partial charge on any atom is 0.259 e. The third-order valence-corrected chi connectivity index (χ3v) is 5.74. The summed E-state index contributed by atoms with van der Waals surface area (Å²) in [4.78, 5) is 27.2. The molecule has 7 nitrogen and oxygen atoms in total. The summed E-state index contributed by atoms with van der Waals surface area (Å²) in [6.45, 7) is 3.93. The van der Waals surface area contributed by atoms with Gasteiger partial charge in [-0.1, -0.05) is 0 Å². The van der Waals surface area contributed by atoms with E-state index >= 15 is 0 Å². The van der Waals surface area contributed by atoms with Crippen molar-refractivity contribution in [3.63, 3.8) is 0 Å². The summed E-state index contributed by atoms with van der Waals surface area (Å²) in [5, 5.41) is 7.55. The highest BCUT2D eigenvalue weighted by Gasteiger charge is 2.25. The molecule has 4 rings (SSSR count). The molecule has 2 aliphatic heterocycles. The lowest BCUT2D eigenvalue weighted by Crippen LogP contribution is -2.46. The molecule has 1 fully saturated rings. The van der Waals surface area contributed by atoms with Crippen LogP contribution in [-0.4, -0.2) is 51.8 Å². The maximum atomic E-state index is 12.7. The zero-order chi connectivity index (χ0) is 17.2. The second-order valence-electron chi connectivity index (χ2n) is 6.44. The van der Waals surface area contributed by atoms with Crippen molar-refractivity contribution in [2.24, 2.45) is 0 Å². The van der Waals surface area contributed by atoms with Gasteiger partial charge in [-0.25, -0.2) is 9.97 Å². The van der Waals surface area contributed by atoms with Crippen LogP contribution in [0, 0.1) is 0 Å². The van der Waals surface area contributed by atoms with Crippen LogP contribution >= 0.6 is 11.8 Å². The highest BCUT2D eigenvalue weighted by atomic mass is 32.2. The molecule has 8 heteroatoms. The molecule has 2 aliphatic rings. The molecule has 132 valence electrons. The Kier molecular flexibility index (Phi) is 4.63. The van der Waals surface area contributed by atoms with Crippen LogP contribution in [0.15, 0.2) is 29.7 Å². The van der Waals surface area contributed by atoms with Crippen molar-refractivity contribution in [1.29, 1.82) is 0 Å². The Labute approximate surface area is 150 Å². The fourth-order valence-electron chi connectivity index (χ4n) is 3.39. The topological polar surface area (TPSA) is 85.9 Å². The van der Waals surface area contributed by atoms with Crippen molar-refractivity contribution < 1.29 is 4.79 Å². The largest absolute Gasteiger partial charge is 0.348 e. The minimum absolute atomic E-state index is 0.00438. The van der Waals surface area contributed by atoms with Crippen LogP contribution in [0.1, 0.15) is 19.8 Å². The molecule has 0 radical (unpaired) electrons. The minimum atomic E-state index is -0.00438. The zero-order valence-corrected chi connectivity index (χ0v) is 15.0. The number of aromatic amines is 1. The first-order valence-corrected chi connectivity index (χ1v) is 9.64. The van der Waals surface area contributed by atoms with E-state index in [0.29, 0.717) is 6.04 Å². The first-order valence-electron chi connectivity index (χ1n) is 8.66.